The standard InChI is InChI=1S/C18H32N2/c1-6-8-12-20(15(4)7-2)18(16(5)19)17-11-9-10-14(3)13-17/h9-11,13,15-16,18H,6-8,12,19H2,1-5H3. The van der Waals surface area contributed by atoms with Gasteiger partial charge in [0.2, 0.25) is 0 Å². The van der Waals surface area contributed by atoms with E-state index < -0.39 is 0 Å². The topological polar surface area (TPSA) is 29.3 Å². The molecule has 0 saturated carbocycles. The minimum Gasteiger partial charge on any atom is -0.326 e. The Kier molecular flexibility index (Phi) is 7.25. The highest BCUT2D eigenvalue weighted by Gasteiger charge is 2.26. The summed E-state index contributed by atoms with van der Waals surface area (Å²) < 4.78 is 0. The molecule has 3 unspecified atom stereocenters. The molecule has 1 rings (SSSR count). The van der Waals surface area contributed by atoms with Crippen LogP contribution >= 0.6 is 0 Å². The Hall–Kier alpha value is -0.860. The van der Waals surface area contributed by atoms with Gasteiger partial charge in [0.15, 0.2) is 0 Å². The highest BCUT2D eigenvalue weighted by Crippen LogP contribution is 2.27. The summed E-state index contributed by atoms with van der Waals surface area (Å²) in [5.74, 6) is 0. The normalized spacial score (nSPS) is 16.1. The van der Waals surface area contributed by atoms with E-state index in [-0.39, 0.29) is 6.04 Å². The van der Waals surface area contributed by atoms with E-state index in [1.165, 1.54) is 30.4 Å². The Morgan fingerprint density at radius 1 is 1.20 bits per heavy atom. The first-order chi connectivity index (χ1) is 9.51. The van der Waals surface area contributed by atoms with Crippen LogP contribution in [0.3, 0.4) is 0 Å². The number of rotatable bonds is 8. The molecule has 0 aliphatic rings. The first kappa shape index (κ1) is 17.2. The predicted molar refractivity (Wildman–Crippen MR) is 88.9 cm³/mol. The summed E-state index contributed by atoms with van der Waals surface area (Å²) in [4.78, 5) is 2.60. The van der Waals surface area contributed by atoms with Gasteiger partial charge in [0.25, 0.3) is 0 Å². The fourth-order valence-electron chi connectivity index (χ4n) is 2.86. The molecule has 20 heavy (non-hydrogen) atoms. The van der Waals surface area contributed by atoms with Crippen LogP contribution in [-0.4, -0.2) is 23.5 Å². The zero-order valence-corrected chi connectivity index (χ0v) is 13.9. The first-order valence-corrected chi connectivity index (χ1v) is 8.09. The van der Waals surface area contributed by atoms with Crippen LogP contribution in [0, 0.1) is 6.92 Å². The zero-order chi connectivity index (χ0) is 15.1. The van der Waals surface area contributed by atoms with Gasteiger partial charge < -0.3 is 5.73 Å². The molecule has 0 spiro atoms. The summed E-state index contributed by atoms with van der Waals surface area (Å²) in [6.07, 6.45) is 3.63. The molecule has 0 aromatic heterocycles. The Balaban J connectivity index is 3.06. The van der Waals surface area contributed by atoms with E-state index in [0.717, 1.165) is 6.54 Å². The van der Waals surface area contributed by atoms with Crippen molar-refractivity contribution in [3.63, 3.8) is 0 Å². The van der Waals surface area contributed by atoms with Crippen molar-refractivity contribution in [1.82, 2.24) is 4.90 Å². The summed E-state index contributed by atoms with van der Waals surface area (Å²) in [6, 6.07) is 9.84. The molecule has 2 N–H and O–H groups in total. The van der Waals surface area contributed by atoms with Gasteiger partial charge in [-0.15, -0.1) is 0 Å². The summed E-state index contributed by atoms with van der Waals surface area (Å²) in [7, 11) is 0. The quantitative estimate of drug-likeness (QED) is 0.767. The molecule has 0 heterocycles. The SMILES string of the molecule is CCCCN(C(C)CC)C(c1cccc(C)c1)C(C)N. The van der Waals surface area contributed by atoms with Crippen LogP contribution < -0.4 is 5.73 Å². The molecule has 0 aliphatic carbocycles. The number of unbranched alkanes of at least 4 members (excludes halogenated alkanes) is 1. The van der Waals surface area contributed by atoms with Gasteiger partial charge in [-0.05, 0) is 45.7 Å². The van der Waals surface area contributed by atoms with Crippen molar-refractivity contribution in [2.24, 2.45) is 5.73 Å². The molecule has 1 aromatic rings. The molecule has 1 aromatic carbocycles. The maximum absolute atomic E-state index is 6.34. The number of nitrogens with zero attached hydrogens (tertiary/aromatic N) is 1. The molecule has 0 saturated heterocycles. The van der Waals surface area contributed by atoms with Crippen molar-refractivity contribution in [1.29, 1.82) is 0 Å². The number of hydrogen-bond donors (Lipinski definition) is 1. The van der Waals surface area contributed by atoms with Gasteiger partial charge >= 0.3 is 0 Å². The summed E-state index contributed by atoms with van der Waals surface area (Å²) >= 11 is 0. The second kappa shape index (κ2) is 8.43. The van der Waals surface area contributed by atoms with Crippen molar-refractivity contribution in [3.8, 4) is 0 Å². The average molecular weight is 276 g/mol. The molecule has 0 amide bonds. The van der Waals surface area contributed by atoms with Crippen molar-refractivity contribution in [3.05, 3.63) is 35.4 Å². The maximum atomic E-state index is 6.34. The van der Waals surface area contributed by atoms with Crippen LogP contribution in [0.1, 0.15) is 64.1 Å². The summed E-state index contributed by atoms with van der Waals surface area (Å²) in [5.41, 5.74) is 9.01. The summed E-state index contributed by atoms with van der Waals surface area (Å²) in [6.45, 7) is 12.3. The Bertz CT molecular complexity index is 387. The fraction of sp³-hybridized carbons (Fsp3) is 0.667. The number of benzene rings is 1. The third-order valence-electron chi connectivity index (χ3n) is 4.17. The van der Waals surface area contributed by atoms with Crippen molar-refractivity contribution in [2.75, 3.05) is 6.54 Å². The number of aryl methyl sites for hydroxylation is 1. The second-order valence-electron chi connectivity index (χ2n) is 6.07. The third kappa shape index (κ3) is 4.60. The Labute approximate surface area is 125 Å². The van der Waals surface area contributed by atoms with Crippen LogP contribution in [0.4, 0.5) is 0 Å². The maximum Gasteiger partial charge on any atom is 0.0499 e. The lowest BCUT2D eigenvalue weighted by Crippen LogP contribution is -2.44. The molecule has 114 valence electrons. The molecule has 0 bridgehead atoms. The van der Waals surface area contributed by atoms with Gasteiger partial charge in [0.05, 0.1) is 0 Å². The molecular weight excluding hydrogens is 244 g/mol. The van der Waals surface area contributed by atoms with E-state index >= 15 is 0 Å². The van der Waals surface area contributed by atoms with Crippen molar-refractivity contribution < 1.29 is 0 Å². The Morgan fingerprint density at radius 2 is 1.90 bits per heavy atom. The van der Waals surface area contributed by atoms with Gasteiger partial charge in [0.1, 0.15) is 0 Å². The third-order valence-corrected chi connectivity index (χ3v) is 4.17. The van der Waals surface area contributed by atoms with Crippen molar-refractivity contribution in [2.45, 2.75) is 72.0 Å². The predicted octanol–water partition coefficient (Wildman–Crippen LogP) is 4.28. The lowest BCUT2D eigenvalue weighted by atomic mass is 9.95. The largest absolute Gasteiger partial charge is 0.326 e. The lowest BCUT2D eigenvalue weighted by molar-refractivity contribution is 0.121. The average Bonchev–Trinajstić information content (AvgIpc) is 2.42. The molecule has 0 aliphatic heterocycles. The lowest BCUT2D eigenvalue weighted by Gasteiger charge is -2.39. The van der Waals surface area contributed by atoms with E-state index in [9.17, 15) is 0 Å². The van der Waals surface area contributed by atoms with Gasteiger partial charge in [0, 0.05) is 18.1 Å². The monoisotopic (exact) mass is 276 g/mol. The number of nitrogens with two attached hydrogens (primary N) is 1. The van der Waals surface area contributed by atoms with Crippen molar-refractivity contribution >= 4 is 0 Å². The minimum absolute atomic E-state index is 0.141. The van der Waals surface area contributed by atoms with Crippen LogP contribution in [-0.2, 0) is 0 Å². The molecule has 0 radical (unpaired) electrons. The highest BCUT2D eigenvalue weighted by molar-refractivity contribution is 5.26. The smallest absolute Gasteiger partial charge is 0.0499 e. The highest BCUT2D eigenvalue weighted by atomic mass is 15.2. The molecule has 3 atom stereocenters. The van der Waals surface area contributed by atoms with Crippen LogP contribution in [0.25, 0.3) is 0 Å². The van der Waals surface area contributed by atoms with Crippen LogP contribution in [0.15, 0.2) is 24.3 Å². The molecule has 0 fully saturated rings. The van der Waals surface area contributed by atoms with Gasteiger partial charge in [-0.25, -0.2) is 0 Å². The van der Waals surface area contributed by atoms with Gasteiger partial charge in [-0.2, -0.15) is 0 Å². The Morgan fingerprint density at radius 3 is 2.40 bits per heavy atom. The van der Waals surface area contributed by atoms with Crippen LogP contribution in [0.2, 0.25) is 0 Å². The number of hydrogen-bond acceptors (Lipinski definition) is 2. The fourth-order valence-corrected chi connectivity index (χ4v) is 2.86. The zero-order valence-electron chi connectivity index (χ0n) is 13.9. The van der Waals surface area contributed by atoms with E-state index in [4.69, 9.17) is 5.73 Å². The van der Waals surface area contributed by atoms with Gasteiger partial charge in [-0.3, -0.25) is 4.90 Å². The van der Waals surface area contributed by atoms with E-state index in [0.29, 0.717) is 12.1 Å². The van der Waals surface area contributed by atoms with E-state index in [2.05, 4.69) is 63.8 Å². The molecule has 2 nitrogen and oxygen atoms in total. The van der Waals surface area contributed by atoms with E-state index in [1.807, 2.05) is 0 Å². The summed E-state index contributed by atoms with van der Waals surface area (Å²) in [5, 5.41) is 0. The van der Waals surface area contributed by atoms with E-state index in [1.54, 1.807) is 0 Å². The minimum atomic E-state index is 0.141. The first-order valence-electron chi connectivity index (χ1n) is 8.09. The molecular formula is C18H32N2. The van der Waals surface area contributed by atoms with Crippen LogP contribution in [0.5, 0.6) is 0 Å². The molecule has 2 heteroatoms. The van der Waals surface area contributed by atoms with Gasteiger partial charge in [-0.1, -0.05) is 50.1 Å². The second-order valence-corrected chi connectivity index (χ2v) is 6.07.